The topological polar surface area (TPSA) is 30.2 Å². The van der Waals surface area contributed by atoms with Gasteiger partial charge in [-0.25, -0.2) is 9.37 Å². The van der Waals surface area contributed by atoms with Crippen LogP contribution < -0.4 is 0 Å². The number of fused-ring (bicyclic) bond motifs is 1. The molecule has 0 saturated carbocycles. The van der Waals surface area contributed by atoms with Crippen LogP contribution in [0.1, 0.15) is 0 Å². The molecule has 0 fully saturated rings. The standard InChI is InChI=1S/C12H8FN3/c13-10-3-4-12-15-7-11(16(12)8-10)9-2-1-5-14-6-9/h1-8H. The van der Waals surface area contributed by atoms with Crippen molar-refractivity contribution in [2.24, 2.45) is 0 Å². The zero-order valence-corrected chi connectivity index (χ0v) is 8.34. The summed E-state index contributed by atoms with van der Waals surface area (Å²) in [5.41, 5.74) is 2.48. The number of aromatic nitrogens is 3. The third-order valence-corrected chi connectivity index (χ3v) is 2.43. The van der Waals surface area contributed by atoms with Crippen LogP contribution in [-0.2, 0) is 0 Å². The minimum absolute atomic E-state index is 0.282. The Morgan fingerprint density at radius 3 is 2.88 bits per heavy atom. The fraction of sp³-hybridized carbons (Fsp3) is 0. The third kappa shape index (κ3) is 1.35. The van der Waals surface area contributed by atoms with Crippen LogP contribution in [0.3, 0.4) is 0 Å². The molecule has 0 aliphatic heterocycles. The molecule has 0 bridgehead atoms. The maximum atomic E-state index is 13.1. The molecule has 0 saturated heterocycles. The van der Waals surface area contributed by atoms with Gasteiger partial charge < -0.3 is 0 Å². The van der Waals surface area contributed by atoms with Gasteiger partial charge in [0.05, 0.1) is 11.9 Å². The van der Waals surface area contributed by atoms with E-state index in [-0.39, 0.29) is 5.82 Å². The van der Waals surface area contributed by atoms with E-state index >= 15 is 0 Å². The third-order valence-electron chi connectivity index (χ3n) is 2.43. The molecule has 0 aliphatic rings. The van der Waals surface area contributed by atoms with Crippen molar-refractivity contribution in [1.29, 1.82) is 0 Å². The van der Waals surface area contributed by atoms with Gasteiger partial charge in [0.1, 0.15) is 11.5 Å². The van der Waals surface area contributed by atoms with Gasteiger partial charge in [-0.3, -0.25) is 9.38 Å². The van der Waals surface area contributed by atoms with Gasteiger partial charge in [-0.05, 0) is 24.3 Å². The maximum Gasteiger partial charge on any atom is 0.139 e. The molecule has 3 aromatic heterocycles. The van der Waals surface area contributed by atoms with E-state index in [2.05, 4.69) is 9.97 Å². The molecule has 0 N–H and O–H groups in total. The molecule has 3 rings (SSSR count). The first-order valence-electron chi connectivity index (χ1n) is 4.87. The smallest absolute Gasteiger partial charge is 0.139 e. The van der Waals surface area contributed by atoms with Crippen molar-refractivity contribution in [3.8, 4) is 11.3 Å². The summed E-state index contributed by atoms with van der Waals surface area (Å²) < 4.78 is 14.9. The second-order valence-electron chi connectivity index (χ2n) is 3.46. The first-order valence-corrected chi connectivity index (χ1v) is 4.87. The number of rotatable bonds is 1. The van der Waals surface area contributed by atoms with Crippen molar-refractivity contribution in [2.75, 3.05) is 0 Å². The highest BCUT2D eigenvalue weighted by Gasteiger charge is 2.05. The Bertz CT molecular complexity index is 631. The Morgan fingerprint density at radius 1 is 1.12 bits per heavy atom. The summed E-state index contributed by atoms with van der Waals surface area (Å²) in [5, 5.41) is 0. The minimum Gasteiger partial charge on any atom is -0.297 e. The Labute approximate surface area is 91.2 Å². The lowest BCUT2D eigenvalue weighted by molar-refractivity contribution is 0.619. The Balaban J connectivity index is 2.29. The molecule has 16 heavy (non-hydrogen) atoms. The lowest BCUT2D eigenvalue weighted by Gasteiger charge is -2.00. The molecule has 78 valence electrons. The summed E-state index contributed by atoms with van der Waals surface area (Å²) in [7, 11) is 0. The van der Waals surface area contributed by atoms with Crippen molar-refractivity contribution in [2.45, 2.75) is 0 Å². The van der Waals surface area contributed by atoms with Gasteiger partial charge in [-0.1, -0.05) is 0 Å². The predicted octanol–water partition coefficient (Wildman–Crippen LogP) is 2.54. The fourth-order valence-electron chi connectivity index (χ4n) is 1.68. The van der Waals surface area contributed by atoms with Crippen molar-refractivity contribution in [1.82, 2.24) is 14.4 Å². The highest BCUT2D eigenvalue weighted by Crippen LogP contribution is 2.19. The summed E-state index contributed by atoms with van der Waals surface area (Å²) in [5.74, 6) is -0.282. The summed E-state index contributed by atoms with van der Waals surface area (Å²) >= 11 is 0. The van der Waals surface area contributed by atoms with Gasteiger partial charge in [0.2, 0.25) is 0 Å². The van der Waals surface area contributed by atoms with E-state index in [4.69, 9.17) is 0 Å². The largest absolute Gasteiger partial charge is 0.297 e. The van der Waals surface area contributed by atoms with Crippen LogP contribution in [0.5, 0.6) is 0 Å². The van der Waals surface area contributed by atoms with Gasteiger partial charge in [0.25, 0.3) is 0 Å². The lowest BCUT2D eigenvalue weighted by atomic mass is 10.2. The average Bonchev–Trinajstić information content (AvgIpc) is 2.73. The average molecular weight is 213 g/mol. The van der Waals surface area contributed by atoms with E-state index in [0.29, 0.717) is 0 Å². The molecule has 0 amide bonds. The molecule has 0 atom stereocenters. The van der Waals surface area contributed by atoms with Crippen molar-refractivity contribution < 1.29 is 4.39 Å². The zero-order valence-electron chi connectivity index (χ0n) is 8.34. The Kier molecular flexibility index (Phi) is 1.93. The molecule has 0 radical (unpaired) electrons. The molecule has 0 unspecified atom stereocenters. The minimum atomic E-state index is -0.282. The van der Waals surface area contributed by atoms with Crippen molar-refractivity contribution >= 4 is 5.65 Å². The monoisotopic (exact) mass is 213 g/mol. The first-order chi connectivity index (χ1) is 7.84. The van der Waals surface area contributed by atoms with Crippen LogP contribution in [-0.4, -0.2) is 14.4 Å². The fourth-order valence-corrected chi connectivity index (χ4v) is 1.68. The van der Waals surface area contributed by atoms with Gasteiger partial charge >= 0.3 is 0 Å². The second kappa shape index (κ2) is 3.41. The molecule has 0 spiro atoms. The molecular weight excluding hydrogens is 205 g/mol. The number of halogens is 1. The quantitative estimate of drug-likeness (QED) is 0.621. The van der Waals surface area contributed by atoms with Gasteiger partial charge in [-0.15, -0.1) is 0 Å². The number of pyridine rings is 2. The number of imidazole rings is 1. The summed E-state index contributed by atoms with van der Waals surface area (Å²) in [6.45, 7) is 0. The number of nitrogens with zero attached hydrogens (tertiary/aromatic N) is 3. The molecular formula is C12H8FN3. The SMILES string of the molecule is Fc1ccc2ncc(-c3cccnc3)n2c1. The maximum absolute atomic E-state index is 13.1. The van der Waals surface area contributed by atoms with Crippen molar-refractivity contribution in [3.63, 3.8) is 0 Å². The van der Waals surface area contributed by atoms with Crippen LogP contribution in [0, 0.1) is 5.82 Å². The van der Waals surface area contributed by atoms with Crippen LogP contribution >= 0.6 is 0 Å². The first kappa shape index (κ1) is 9.03. The highest BCUT2D eigenvalue weighted by atomic mass is 19.1. The van der Waals surface area contributed by atoms with Gasteiger partial charge in [-0.2, -0.15) is 0 Å². The van der Waals surface area contributed by atoms with E-state index in [1.54, 1.807) is 29.1 Å². The van der Waals surface area contributed by atoms with E-state index in [1.165, 1.54) is 12.3 Å². The summed E-state index contributed by atoms with van der Waals surface area (Å²) in [4.78, 5) is 8.24. The molecule has 3 aromatic rings. The van der Waals surface area contributed by atoms with Gasteiger partial charge in [0, 0.05) is 24.2 Å². The van der Waals surface area contributed by atoms with E-state index in [1.807, 2.05) is 12.1 Å². The van der Waals surface area contributed by atoms with E-state index in [0.717, 1.165) is 16.9 Å². The molecule has 4 heteroatoms. The van der Waals surface area contributed by atoms with Crippen LogP contribution in [0.4, 0.5) is 4.39 Å². The Morgan fingerprint density at radius 2 is 2.06 bits per heavy atom. The van der Waals surface area contributed by atoms with Crippen LogP contribution in [0.2, 0.25) is 0 Å². The number of hydrogen-bond donors (Lipinski definition) is 0. The Hall–Kier alpha value is -2.23. The van der Waals surface area contributed by atoms with Crippen molar-refractivity contribution in [3.05, 3.63) is 54.9 Å². The lowest BCUT2D eigenvalue weighted by Crippen LogP contribution is -1.89. The molecule has 3 nitrogen and oxygen atoms in total. The second-order valence-corrected chi connectivity index (χ2v) is 3.46. The predicted molar refractivity (Wildman–Crippen MR) is 58.4 cm³/mol. The molecule has 0 aromatic carbocycles. The summed E-state index contributed by atoms with van der Waals surface area (Å²) in [6.07, 6.45) is 6.57. The van der Waals surface area contributed by atoms with E-state index < -0.39 is 0 Å². The van der Waals surface area contributed by atoms with E-state index in [9.17, 15) is 4.39 Å². The normalized spacial score (nSPS) is 10.8. The number of hydrogen-bond acceptors (Lipinski definition) is 2. The molecule has 3 heterocycles. The van der Waals surface area contributed by atoms with Crippen LogP contribution in [0.15, 0.2) is 49.1 Å². The van der Waals surface area contributed by atoms with Gasteiger partial charge in [0.15, 0.2) is 0 Å². The summed E-state index contributed by atoms with van der Waals surface area (Å²) in [6, 6.07) is 6.81. The molecule has 0 aliphatic carbocycles. The zero-order chi connectivity index (χ0) is 11.0. The highest BCUT2D eigenvalue weighted by molar-refractivity contribution is 5.62. The van der Waals surface area contributed by atoms with Crippen LogP contribution in [0.25, 0.3) is 16.9 Å².